The van der Waals surface area contributed by atoms with Crippen molar-refractivity contribution >= 4 is 69.5 Å². The molecule has 0 aromatic rings. The van der Waals surface area contributed by atoms with Crippen molar-refractivity contribution in [2.24, 2.45) is 0 Å². The molecular formula is C24H24Cl4O8. The number of hydrogen-bond acceptors (Lipinski definition) is 8. The molecule has 0 aromatic carbocycles. The van der Waals surface area contributed by atoms with Gasteiger partial charge in [0, 0.05) is 0 Å². The summed E-state index contributed by atoms with van der Waals surface area (Å²) in [4.78, 5) is 50.1. The van der Waals surface area contributed by atoms with Gasteiger partial charge in [-0.2, -0.15) is 0 Å². The predicted molar refractivity (Wildman–Crippen MR) is 132 cm³/mol. The summed E-state index contributed by atoms with van der Waals surface area (Å²) in [6.07, 6.45) is 4.98. The Hall–Kier alpha value is -2.00. The van der Waals surface area contributed by atoms with Crippen molar-refractivity contribution in [3.8, 4) is 0 Å². The first-order chi connectivity index (χ1) is 17.3. The van der Waals surface area contributed by atoms with E-state index in [2.05, 4.69) is 0 Å². The van der Waals surface area contributed by atoms with Gasteiger partial charge >= 0.3 is 0 Å². The summed E-state index contributed by atoms with van der Waals surface area (Å²) in [7, 11) is 0. The number of Topliss-reactive ketones (excluding diaryl/α,β-unsaturated/α-hetero) is 4. The molecule has 8 nitrogen and oxygen atoms in total. The largest absolute Gasteiger partial charge is 0.488 e. The molecule has 4 bridgehead atoms. The molecule has 0 spiro atoms. The van der Waals surface area contributed by atoms with E-state index in [1.807, 2.05) is 0 Å². The molecule has 0 radical (unpaired) electrons. The maximum atomic E-state index is 12.7. The lowest BCUT2D eigenvalue weighted by molar-refractivity contribution is -0.121. The van der Waals surface area contributed by atoms with Crippen molar-refractivity contribution in [3.05, 3.63) is 43.2 Å². The van der Waals surface area contributed by atoms with Crippen LogP contribution in [0.1, 0.15) is 51.4 Å². The van der Waals surface area contributed by atoms with Crippen molar-refractivity contribution in [3.63, 3.8) is 0 Å². The van der Waals surface area contributed by atoms with Crippen molar-refractivity contribution in [1.29, 1.82) is 0 Å². The molecule has 1 fully saturated rings. The standard InChI is InChI=1S/C24H24Cl4O8/c25-13-17(29)15(27)23-19(31)21(13)33-9-5-1-2-6-10-34-22-14(26)18(30)16(28)24(20(22)32)36-12-8-4-3-7-11-35-23/h1-12H2. The molecule has 0 N–H and O–H groups in total. The smallest absolute Gasteiger partial charge is 0.265 e. The van der Waals surface area contributed by atoms with Crippen LogP contribution in [0.5, 0.6) is 0 Å². The zero-order chi connectivity index (χ0) is 26.2. The normalized spacial score (nSPS) is 22.3. The van der Waals surface area contributed by atoms with Gasteiger partial charge in [-0.25, -0.2) is 0 Å². The molecule has 3 aliphatic rings. The summed E-state index contributed by atoms with van der Waals surface area (Å²) in [5.74, 6) is -3.83. The Balaban J connectivity index is 1.67. The number of ketones is 4. The number of rotatable bonds is 0. The number of fused-ring (bicyclic) bond motifs is 4. The third-order valence-electron chi connectivity index (χ3n) is 5.48. The minimum Gasteiger partial charge on any atom is -0.488 e. The van der Waals surface area contributed by atoms with Crippen LogP contribution in [0, 0.1) is 0 Å². The number of halogens is 4. The maximum absolute atomic E-state index is 12.7. The highest BCUT2D eigenvalue weighted by Crippen LogP contribution is 2.32. The number of ether oxygens (including phenoxy) is 4. The average molecular weight is 582 g/mol. The highest BCUT2D eigenvalue weighted by molar-refractivity contribution is 6.59. The molecule has 0 aromatic heterocycles. The zero-order valence-electron chi connectivity index (χ0n) is 19.3. The third kappa shape index (κ3) is 6.65. The Morgan fingerprint density at radius 1 is 0.361 bits per heavy atom. The van der Waals surface area contributed by atoms with Crippen LogP contribution >= 0.6 is 46.4 Å². The van der Waals surface area contributed by atoms with Gasteiger partial charge in [0.2, 0.25) is 11.6 Å². The summed E-state index contributed by atoms with van der Waals surface area (Å²) < 4.78 is 22.0. The van der Waals surface area contributed by atoms with Gasteiger partial charge in [-0.15, -0.1) is 0 Å². The Morgan fingerprint density at radius 2 is 0.583 bits per heavy atom. The third-order valence-corrected chi connectivity index (χ3v) is 6.86. The SMILES string of the molecule is O=C1C(Cl)=C2OCCCCCCOC3=C(Cl)C(=O)C(Cl)=C(OCCCCCCOC(=C1Cl)C2=O)C3=O. The van der Waals surface area contributed by atoms with Crippen LogP contribution in [0.2, 0.25) is 0 Å². The Kier molecular flexibility index (Phi) is 10.7. The minimum absolute atomic E-state index is 0.143. The summed E-state index contributed by atoms with van der Waals surface area (Å²) in [6.45, 7) is 0.573. The van der Waals surface area contributed by atoms with E-state index in [0.29, 0.717) is 51.4 Å². The van der Waals surface area contributed by atoms with Gasteiger partial charge in [0.05, 0.1) is 26.4 Å². The molecule has 0 amide bonds. The highest BCUT2D eigenvalue weighted by atomic mass is 35.5. The van der Waals surface area contributed by atoms with E-state index in [-0.39, 0.29) is 69.6 Å². The fourth-order valence-corrected chi connectivity index (χ4v) is 4.57. The van der Waals surface area contributed by atoms with E-state index in [4.69, 9.17) is 65.4 Å². The number of carbonyl (C=O) groups is 4. The summed E-state index contributed by atoms with van der Waals surface area (Å²) in [5, 5.41) is -1.48. The molecule has 1 saturated heterocycles. The number of carbonyl (C=O) groups excluding carboxylic acids is 4. The van der Waals surface area contributed by atoms with Gasteiger partial charge in [-0.05, 0) is 51.4 Å². The van der Waals surface area contributed by atoms with Gasteiger partial charge in [0.1, 0.15) is 20.1 Å². The number of hydrogen-bond donors (Lipinski definition) is 0. The van der Waals surface area contributed by atoms with Gasteiger partial charge in [-0.3, -0.25) is 19.2 Å². The van der Waals surface area contributed by atoms with Gasteiger partial charge in [0.25, 0.3) is 11.6 Å². The molecular weight excluding hydrogens is 558 g/mol. The second-order valence-electron chi connectivity index (χ2n) is 8.11. The van der Waals surface area contributed by atoms with Crippen molar-refractivity contribution in [2.75, 3.05) is 26.4 Å². The molecule has 36 heavy (non-hydrogen) atoms. The van der Waals surface area contributed by atoms with Crippen molar-refractivity contribution in [1.82, 2.24) is 0 Å². The van der Waals surface area contributed by atoms with Crippen LogP contribution in [-0.4, -0.2) is 49.6 Å². The fraction of sp³-hybridized carbons (Fsp3) is 0.500. The molecule has 0 saturated carbocycles. The van der Waals surface area contributed by atoms with Crippen LogP contribution in [0.15, 0.2) is 43.2 Å². The average Bonchev–Trinajstić information content (AvgIpc) is 2.86. The summed E-state index contributed by atoms with van der Waals surface area (Å²) in [5.41, 5.74) is 0. The lowest BCUT2D eigenvalue weighted by Crippen LogP contribution is -2.24. The Labute approximate surface area is 228 Å². The minimum atomic E-state index is -0.716. The maximum Gasteiger partial charge on any atom is 0.265 e. The van der Waals surface area contributed by atoms with E-state index in [1.54, 1.807) is 0 Å². The van der Waals surface area contributed by atoms with Crippen LogP contribution in [0.4, 0.5) is 0 Å². The topological polar surface area (TPSA) is 105 Å². The second-order valence-corrected chi connectivity index (χ2v) is 9.62. The van der Waals surface area contributed by atoms with Crippen LogP contribution in [0.3, 0.4) is 0 Å². The summed E-state index contributed by atoms with van der Waals surface area (Å²) in [6, 6.07) is 0. The first kappa shape index (κ1) is 28.6. The molecule has 196 valence electrons. The van der Waals surface area contributed by atoms with E-state index in [0.717, 1.165) is 0 Å². The van der Waals surface area contributed by atoms with Gasteiger partial charge in [-0.1, -0.05) is 46.4 Å². The van der Waals surface area contributed by atoms with Gasteiger partial charge < -0.3 is 18.9 Å². The number of allylic oxidation sites excluding steroid dienone is 4. The van der Waals surface area contributed by atoms with Crippen molar-refractivity contribution in [2.45, 2.75) is 51.4 Å². The molecule has 1 heterocycles. The van der Waals surface area contributed by atoms with E-state index in [1.165, 1.54) is 0 Å². The first-order valence-electron chi connectivity index (χ1n) is 11.5. The van der Waals surface area contributed by atoms with E-state index >= 15 is 0 Å². The lowest BCUT2D eigenvalue weighted by Gasteiger charge is -2.20. The van der Waals surface area contributed by atoms with Crippen LogP contribution in [0.25, 0.3) is 0 Å². The monoisotopic (exact) mass is 580 g/mol. The fourth-order valence-electron chi connectivity index (χ4n) is 3.54. The highest BCUT2D eigenvalue weighted by Gasteiger charge is 2.37. The first-order valence-corrected chi connectivity index (χ1v) is 13.1. The molecule has 1 aliphatic heterocycles. The molecule has 0 unspecified atom stereocenters. The van der Waals surface area contributed by atoms with Crippen molar-refractivity contribution < 1.29 is 38.1 Å². The lowest BCUT2D eigenvalue weighted by atomic mass is 10.1. The Morgan fingerprint density at radius 3 is 0.806 bits per heavy atom. The van der Waals surface area contributed by atoms with Crippen LogP contribution in [-0.2, 0) is 38.1 Å². The predicted octanol–water partition coefficient (Wildman–Crippen LogP) is 5.29. The molecule has 2 aliphatic carbocycles. The van der Waals surface area contributed by atoms with Crippen LogP contribution < -0.4 is 0 Å². The molecule has 0 atom stereocenters. The quantitative estimate of drug-likeness (QED) is 0.355. The van der Waals surface area contributed by atoms with Gasteiger partial charge in [0.15, 0.2) is 23.0 Å². The zero-order valence-corrected chi connectivity index (χ0v) is 22.3. The van der Waals surface area contributed by atoms with E-state index < -0.39 is 23.1 Å². The Bertz CT molecular complexity index is 910. The molecule has 12 heteroatoms. The summed E-state index contributed by atoms with van der Waals surface area (Å²) >= 11 is 24.0. The van der Waals surface area contributed by atoms with E-state index in [9.17, 15) is 19.2 Å². The molecule has 3 rings (SSSR count). The second kappa shape index (κ2) is 13.5.